The first-order valence-electron chi connectivity index (χ1n) is 16.4. The Morgan fingerprint density at radius 3 is 1.54 bits per heavy atom. The Morgan fingerprint density at radius 2 is 1.32 bits per heavy atom. The van der Waals surface area contributed by atoms with Crippen LogP contribution in [0.25, 0.3) is 0 Å². The molecule has 0 radical (unpaired) electrons. The minimum Gasteiger partial charge on any atom is -0.481 e. The summed E-state index contributed by atoms with van der Waals surface area (Å²) in [5.74, 6) is 3.70. The zero-order chi connectivity index (χ0) is 38.1. The highest BCUT2D eigenvalue weighted by Gasteiger charge is 2.25. The highest BCUT2D eigenvalue weighted by Crippen LogP contribution is 2.19. The van der Waals surface area contributed by atoms with Gasteiger partial charge in [-0.2, -0.15) is 10.5 Å². The van der Waals surface area contributed by atoms with E-state index < -0.39 is 0 Å². The predicted octanol–water partition coefficient (Wildman–Crippen LogP) is 6.88. The maximum atomic E-state index is 9.21. The summed E-state index contributed by atoms with van der Waals surface area (Å²) in [4.78, 5) is 18.4. The van der Waals surface area contributed by atoms with Crippen LogP contribution in [-0.2, 0) is 19.0 Å². The van der Waals surface area contributed by atoms with Gasteiger partial charge in [-0.05, 0) is 69.4 Å². The molecule has 0 aromatic heterocycles. The third-order valence-corrected chi connectivity index (χ3v) is 5.24. The molecule has 2 aliphatic rings. The van der Waals surface area contributed by atoms with Crippen LogP contribution in [0.2, 0.25) is 0 Å². The molecule has 3 atom stereocenters. The van der Waals surface area contributed by atoms with Crippen molar-refractivity contribution in [3.63, 3.8) is 0 Å². The number of carbonyl (C=O) groups is 1. The number of halogens is 3. The Bertz CT molecular complexity index is 951. The fourth-order valence-corrected chi connectivity index (χ4v) is 3.78. The smallest absolute Gasteiger partial charge is 0.218 e. The average Bonchev–Trinajstić information content (AvgIpc) is 3.58. The van der Waals surface area contributed by atoms with Gasteiger partial charge in [-0.3, -0.25) is 10.2 Å². The van der Waals surface area contributed by atoms with Gasteiger partial charge in [0.05, 0.1) is 50.3 Å². The lowest BCUT2D eigenvalue weighted by atomic mass is 10.1. The molecular formula is C34H66Cl3N7O6. The molecule has 16 heteroatoms. The molecule has 13 nitrogen and oxygen atoms in total. The number of aliphatic hydroxyl groups excluding tert-OH is 2. The van der Waals surface area contributed by atoms with Gasteiger partial charge in [-0.25, -0.2) is 9.98 Å². The summed E-state index contributed by atoms with van der Waals surface area (Å²) >= 11 is 4.64. The van der Waals surface area contributed by atoms with Crippen molar-refractivity contribution in [3.05, 3.63) is 0 Å². The summed E-state index contributed by atoms with van der Waals surface area (Å²) in [6.07, 6.45) is 4.06. The summed E-state index contributed by atoms with van der Waals surface area (Å²) in [5, 5.41) is 44.9. The molecule has 0 aromatic rings. The minimum atomic E-state index is -0.361. The first kappa shape index (κ1) is 59.6. The molecule has 2 rings (SSSR count). The van der Waals surface area contributed by atoms with Crippen LogP contribution in [0.5, 0.6) is 0 Å². The standard InChI is InChI=1S/C15H26N2O2.C6H12N2O.C6H15NO.C3H2N2.C2H3ClO.C2H6O.2ClH/c1-10(2)5-12-8-18-14(16-12)7-15-17-13(9-19-15)6-11(3)4;1-3-9-6(8)4-5(2)7;1-5(2)3-6(7)4-8;4-2-1-3-5;1-2(3)4;1-2-3;;/h10-13H,5-9H2,1-4H3;7-8H,3-4H2,1-2H3;5-6,8H,3-4,7H2,1-2H3;1H2;1H3;3H,2H2,1H3;2*1H/t12-,13-;;6-;;;;;/m0.0...../s1. The van der Waals surface area contributed by atoms with E-state index in [2.05, 4.69) is 63.1 Å². The minimum absolute atomic E-state index is 0. The number of nitriles is 2. The maximum absolute atomic E-state index is 9.21. The second-order valence-electron chi connectivity index (χ2n) is 12.1. The molecule has 0 spiro atoms. The number of rotatable bonds is 12. The molecule has 2 aliphatic heterocycles. The van der Waals surface area contributed by atoms with Crippen LogP contribution in [0, 0.1) is 51.2 Å². The van der Waals surface area contributed by atoms with E-state index in [1.165, 1.54) is 6.92 Å². The largest absolute Gasteiger partial charge is 0.481 e. The Balaban J connectivity index is -0.000000132. The Labute approximate surface area is 319 Å². The highest BCUT2D eigenvalue weighted by molar-refractivity contribution is 6.62. The normalized spacial score (nSPS) is 15.3. The van der Waals surface area contributed by atoms with E-state index >= 15 is 0 Å². The second-order valence-corrected chi connectivity index (χ2v) is 12.6. The molecule has 0 fully saturated rings. The molecule has 0 aliphatic carbocycles. The first-order valence-corrected chi connectivity index (χ1v) is 16.8. The van der Waals surface area contributed by atoms with Crippen LogP contribution < -0.4 is 5.73 Å². The fourth-order valence-electron chi connectivity index (χ4n) is 3.78. The number of aliphatic imine (C=N–C) groups is 2. The topological polar surface area (TPSA) is 231 Å². The zero-order valence-electron chi connectivity index (χ0n) is 31.8. The van der Waals surface area contributed by atoms with Crippen molar-refractivity contribution in [2.75, 3.05) is 33.0 Å². The zero-order valence-corrected chi connectivity index (χ0v) is 34.2. The number of nitrogens with one attached hydrogen (secondary N) is 2. The predicted molar refractivity (Wildman–Crippen MR) is 209 cm³/mol. The summed E-state index contributed by atoms with van der Waals surface area (Å²) in [6.45, 7) is 21.8. The molecule has 294 valence electrons. The number of aliphatic hydroxyl groups is 2. The van der Waals surface area contributed by atoms with Gasteiger partial charge in [0.1, 0.15) is 19.6 Å². The average molecular weight is 775 g/mol. The van der Waals surface area contributed by atoms with Gasteiger partial charge in [0.15, 0.2) is 17.7 Å². The van der Waals surface area contributed by atoms with Crippen LogP contribution >= 0.6 is 36.4 Å². The van der Waals surface area contributed by atoms with Crippen LogP contribution in [0.4, 0.5) is 0 Å². The fraction of sp³-hybridized carbons (Fsp3) is 0.794. The summed E-state index contributed by atoms with van der Waals surface area (Å²) in [7, 11) is 0. The van der Waals surface area contributed by atoms with Crippen LogP contribution in [0.15, 0.2) is 9.98 Å². The van der Waals surface area contributed by atoms with Crippen molar-refractivity contribution in [2.45, 2.75) is 126 Å². The molecule has 2 heterocycles. The SMILES string of the molecule is CC(=O)Cl.CC(C)C[C@H](N)CO.CC(C)C[C@H]1COC(CC2=N[C@@H](CC(C)C)CO2)=N1.CCO.CCOC(=N)CC(C)=N.Cl.Cl.N#CCC#N. The molecular weight excluding hydrogens is 709 g/mol. The van der Waals surface area contributed by atoms with Gasteiger partial charge in [-0.15, -0.1) is 24.8 Å². The molecule has 0 saturated carbocycles. The Hall–Kier alpha value is -2.52. The van der Waals surface area contributed by atoms with Gasteiger partial charge in [0.25, 0.3) is 0 Å². The van der Waals surface area contributed by atoms with E-state index in [1.54, 1.807) is 26.0 Å². The van der Waals surface area contributed by atoms with Gasteiger partial charge >= 0.3 is 0 Å². The first-order chi connectivity index (χ1) is 22.4. The molecule has 0 amide bonds. The van der Waals surface area contributed by atoms with Crippen molar-refractivity contribution < 1.29 is 29.2 Å². The lowest BCUT2D eigenvalue weighted by Gasteiger charge is -2.09. The van der Waals surface area contributed by atoms with Crippen molar-refractivity contribution in [2.24, 2.45) is 33.5 Å². The van der Waals surface area contributed by atoms with E-state index in [9.17, 15) is 4.79 Å². The lowest BCUT2D eigenvalue weighted by Crippen LogP contribution is -2.25. The van der Waals surface area contributed by atoms with E-state index in [4.69, 9.17) is 51.5 Å². The van der Waals surface area contributed by atoms with Crippen LogP contribution in [0.1, 0.15) is 108 Å². The quantitative estimate of drug-likeness (QED) is 0.0789. The van der Waals surface area contributed by atoms with E-state index in [1.807, 2.05) is 6.92 Å². The van der Waals surface area contributed by atoms with Crippen LogP contribution in [-0.4, -0.2) is 90.0 Å². The highest BCUT2D eigenvalue weighted by atomic mass is 35.5. The Kier molecular flexibility index (Phi) is 48.8. The number of ether oxygens (including phenoxy) is 3. The molecule has 6 N–H and O–H groups in total. The monoisotopic (exact) mass is 773 g/mol. The van der Waals surface area contributed by atoms with Crippen molar-refractivity contribution >= 4 is 65.1 Å². The third-order valence-electron chi connectivity index (χ3n) is 5.24. The van der Waals surface area contributed by atoms with E-state index in [0.717, 1.165) is 44.3 Å². The maximum Gasteiger partial charge on any atom is 0.218 e. The van der Waals surface area contributed by atoms with Crippen molar-refractivity contribution in [3.8, 4) is 12.1 Å². The molecule has 0 saturated heterocycles. The molecule has 0 unspecified atom stereocenters. The van der Waals surface area contributed by atoms with Gasteiger partial charge < -0.3 is 35.6 Å². The molecule has 50 heavy (non-hydrogen) atoms. The Morgan fingerprint density at radius 1 is 0.940 bits per heavy atom. The van der Waals surface area contributed by atoms with Gasteiger partial charge in [0.2, 0.25) is 5.24 Å². The van der Waals surface area contributed by atoms with E-state index in [-0.39, 0.29) is 61.6 Å². The number of nitrogens with zero attached hydrogens (tertiary/aromatic N) is 4. The van der Waals surface area contributed by atoms with Gasteiger partial charge in [-0.1, -0.05) is 41.5 Å². The lowest BCUT2D eigenvalue weighted by molar-refractivity contribution is -0.109. The molecule has 0 aromatic carbocycles. The number of hydrogen-bond donors (Lipinski definition) is 5. The molecule has 0 bridgehead atoms. The van der Waals surface area contributed by atoms with Gasteiger partial charge in [0, 0.05) is 25.3 Å². The summed E-state index contributed by atoms with van der Waals surface area (Å²) < 4.78 is 16.1. The van der Waals surface area contributed by atoms with Crippen LogP contribution in [0.3, 0.4) is 0 Å². The summed E-state index contributed by atoms with van der Waals surface area (Å²) in [5.41, 5.74) is 5.89. The van der Waals surface area contributed by atoms with E-state index in [0.29, 0.717) is 55.0 Å². The van der Waals surface area contributed by atoms with Crippen molar-refractivity contribution in [1.29, 1.82) is 21.3 Å². The second kappa shape index (κ2) is 40.9. The third kappa shape index (κ3) is 49.9. The number of carbonyl (C=O) groups excluding carboxylic acids is 1. The number of hydrogen-bond acceptors (Lipinski definition) is 13. The van der Waals surface area contributed by atoms with Crippen molar-refractivity contribution in [1.82, 2.24) is 0 Å². The number of nitrogens with two attached hydrogens (primary N) is 1. The summed E-state index contributed by atoms with van der Waals surface area (Å²) in [6, 6.07) is 3.94.